The molecule has 0 fully saturated rings. The molecule has 0 radical (unpaired) electrons. The molecule has 0 bridgehead atoms. The van der Waals surface area contributed by atoms with Crippen molar-refractivity contribution in [1.29, 1.82) is 0 Å². The molecule has 1 aliphatic heterocycles. The van der Waals surface area contributed by atoms with E-state index in [1.54, 1.807) is 30.3 Å². The number of nitrogens with zero attached hydrogens (tertiary/aromatic N) is 2. The molecular weight excluding hydrogens is 396 g/mol. The smallest absolute Gasteiger partial charge is 0.331 e. The Morgan fingerprint density at radius 1 is 1.24 bits per heavy atom. The average Bonchev–Trinajstić information content (AvgIpc) is 2.99. The van der Waals surface area contributed by atoms with Crippen molar-refractivity contribution in [3.63, 3.8) is 0 Å². The Bertz CT molecular complexity index is 1330. The van der Waals surface area contributed by atoms with Crippen LogP contribution in [0.4, 0.5) is 0 Å². The fourth-order valence-electron chi connectivity index (χ4n) is 3.59. The molecule has 0 amide bonds. The summed E-state index contributed by atoms with van der Waals surface area (Å²) in [4.78, 5) is 28.6. The maximum absolute atomic E-state index is 12.8. The number of hydrogen-bond acceptors (Lipinski definition) is 7. The lowest BCUT2D eigenvalue weighted by Crippen LogP contribution is -2.28. The van der Waals surface area contributed by atoms with Gasteiger partial charge in [0, 0.05) is 30.6 Å². The molecule has 1 aliphatic rings. The first-order valence-corrected chi connectivity index (χ1v) is 10.8. The van der Waals surface area contributed by atoms with Gasteiger partial charge in [0.15, 0.2) is 15.5 Å². The van der Waals surface area contributed by atoms with Crippen molar-refractivity contribution in [2.75, 3.05) is 12.9 Å². The summed E-state index contributed by atoms with van der Waals surface area (Å²) < 4.78 is 32.0. The molecule has 0 N–H and O–H groups in total. The van der Waals surface area contributed by atoms with Gasteiger partial charge in [-0.15, -0.1) is 0 Å². The van der Waals surface area contributed by atoms with Crippen molar-refractivity contribution < 1.29 is 27.6 Å². The number of benzene rings is 2. The number of aromatic nitrogens is 1. The van der Waals surface area contributed by atoms with E-state index in [9.17, 15) is 18.0 Å². The van der Waals surface area contributed by atoms with Crippen LogP contribution in [0.5, 0.6) is 5.75 Å². The Hall–Kier alpha value is -3.20. The molecule has 1 aromatic heterocycles. The zero-order valence-corrected chi connectivity index (χ0v) is 16.9. The summed E-state index contributed by atoms with van der Waals surface area (Å²) in [5, 5.41) is 4.94. The summed E-state index contributed by atoms with van der Waals surface area (Å²) in [6, 6.07) is 8.39. The maximum atomic E-state index is 12.8. The predicted octanol–water partition coefficient (Wildman–Crippen LogP) is 2.71. The minimum Gasteiger partial charge on any atom is -0.485 e. The zero-order valence-electron chi connectivity index (χ0n) is 16.1. The van der Waals surface area contributed by atoms with Gasteiger partial charge in [-0.3, -0.25) is 4.79 Å². The SMILES string of the molecule is CCn1c2ccc(S(C)(=O)=O)cc2c2c3c(ccc21)C(=O)/C(=N\OC(C)=O)CO3. The number of hydrogen-bond donors (Lipinski definition) is 0. The first-order chi connectivity index (χ1) is 13.7. The van der Waals surface area contributed by atoms with Crippen LogP contribution in [-0.4, -0.2) is 43.3 Å². The van der Waals surface area contributed by atoms with Crippen LogP contribution in [0.25, 0.3) is 21.8 Å². The first-order valence-electron chi connectivity index (χ1n) is 8.93. The van der Waals surface area contributed by atoms with Gasteiger partial charge in [0.1, 0.15) is 12.4 Å². The third kappa shape index (κ3) is 3.07. The molecule has 0 saturated carbocycles. The van der Waals surface area contributed by atoms with Crippen LogP contribution in [0.2, 0.25) is 0 Å². The Labute approximate surface area is 166 Å². The Morgan fingerprint density at radius 3 is 2.62 bits per heavy atom. The Morgan fingerprint density at radius 2 is 1.97 bits per heavy atom. The van der Waals surface area contributed by atoms with E-state index in [0.29, 0.717) is 23.1 Å². The van der Waals surface area contributed by atoms with E-state index in [0.717, 1.165) is 17.3 Å². The summed E-state index contributed by atoms with van der Waals surface area (Å²) in [5.74, 6) is -0.658. The number of ether oxygens (including phenoxy) is 1. The standard InChI is InChI=1S/C20H18N2O6S/c1-4-22-16-7-5-12(29(3,25)26)9-14(16)18-17(22)8-6-13-19(24)15(10-27-20(13)18)21-28-11(2)23/h5-9H,4,10H2,1-3H3/b21-15-. The van der Waals surface area contributed by atoms with Crippen molar-refractivity contribution in [2.24, 2.45) is 5.16 Å². The van der Waals surface area contributed by atoms with Gasteiger partial charge in [0.05, 0.1) is 21.4 Å². The molecule has 29 heavy (non-hydrogen) atoms. The van der Waals surface area contributed by atoms with Gasteiger partial charge >= 0.3 is 5.97 Å². The fraction of sp³-hybridized carbons (Fsp3) is 0.250. The van der Waals surface area contributed by atoms with Crippen molar-refractivity contribution in [3.8, 4) is 5.75 Å². The van der Waals surface area contributed by atoms with Crippen LogP contribution in [-0.2, 0) is 26.0 Å². The van der Waals surface area contributed by atoms with Crippen LogP contribution < -0.4 is 4.74 Å². The molecule has 0 aliphatic carbocycles. The maximum Gasteiger partial charge on any atom is 0.331 e. The highest BCUT2D eigenvalue weighted by Crippen LogP contribution is 2.40. The highest BCUT2D eigenvalue weighted by Gasteiger charge is 2.29. The normalized spacial score (nSPS) is 15.6. The number of Topliss-reactive ketones (excluding diaryl/α,β-unsaturated/α-hetero) is 1. The first kappa shape index (κ1) is 19.1. The van der Waals surface area contributed by atoms with Crippen molar-refractivity contribution in [3.05, 3.63) is 35.9 Å². The van der Waals surface area contributed by atoms with E-state index in [1.165, 1.54) is 6.92 Å². The zero-order chi connectivity index (χ0) is 20.9. The molecule has 0 unspecified atom stereocenters. The van der Waals surface area contributed by atoms with Crippen molar-refractivity contribution >= 4 is 49.1 Å². The van der Waals surface area contributed by atoms with Crippen molar-refractivity contribution in [2.45, 2.75) is 25.3 Å². The third-order valence-electron chi connectivity index (χ3n) is 4.84. The number of sulfone groups is 1. The van der Waals surface area contributed by atoms with E-state index in [2.05, 4.69) is 9.99 Å². The number of oxime groups is 1. The van der Waals surface area contributed by atoms with Crippen molar-refractivity contribution in [1.82, 2.24) is 4.57 Å². The van der Waals surface area contributed by atoms with Gasteiger partial charge in [-0.2, -0.15) is 0 Å². The van der Waals surface area contributed by atoms with Crippen LogP contribution in [0.15, 0.2) is 40.4 Å². The molecule has 0 atom stereocenters. The van der Waals surface area contributed by atoms with E-state index in [1.807, 2.05) is 11.5 Å². The van der Waals surface area contributed by atoms with E-state index in [4.69, 9.17) is 4.74 Å². The minimum absolute atomic E-state index is 0.0110. The number of aryl methyl sites for hydroxylation is 1. The highest BCUT2D eigenvalue weighted by atomic mass is 32.2. The lowest BCUT2D eigenvalue weighted by Gasteiger charge is -2.18. The summed E-state index contributed by atoms with van der Waals surface area (Å²) in [6.07, 6.45) is 1.15. The fourth-order valence-corrected chi connectivity index (χ4v) is 4.23. The molecule has 8 nitrogen and oxygen atoms in total. The minimum atomic E-state index is -3.40. The number of carbonyl (C=O) groups excluding carboxylic acids is 2. The molecule has 3 aromatic rings. The van der Waals surface area contributed by atoms with Crippen LogP contribution in [0.3, 0.4) is 0 Å². The lowest BCUT2D eigenvalue weighted by molar-refractivity contribution is -0.140. The number of fused-ring (bicyclic) bond motifs is 5. The third-order valence-corrected chi connectivity index (χ3v) is 5.95. The molecule has 9 heteroatoms. The molecule has 0 saturated heterocycles. The van der Waals surface area contributed by atoms with Gasteiger partial charge < -0.3 is 14.1 Å². The number of ketones is 1. The second-order valence-electron chi connectivity index (χ2n) is 6.77. The van der Waals surface area contributed by atoms with E-state index >= 15 is 0 Å². The predicted molar refractivity (Wildman–Crippen MR) is 107 cm³/mol. The van der Waals surface area contributed by atoms with Gasteiger partial charge in [-0.1, -0.05) is 5.16 Å². The highest BCUT2D eigenvalue weighted by molar-refractivity contribution is 7.90. The summed E-state index contributed by atoms with van der Waals surface area (Å²) >= 11 is 0. The van der Waals surface area contributed by atoms with Gasteiger partial charge in [-0.25, -0.2) is 13.2 Å². The van der Waals surface area contributed by atoms with Crippen LogP contribution >= 0.6 is 0 Å². The Balaban J connectivity index is 2.01. The van der Waals surface area contributed by atoms with E-state index in [-0.39, 0.29) is 22.8 Å². The van der Waals surface area contributed by atoms with Gasteiger partial charge in [0.25, 0.3) is 0 Å². The van der Waals surface area contributed by atoms with Gasteiger partial charge in [-0.05, 0) is 37.3 Å². The molecule has 2 aromatic carbocycles. The molecule has 150 valence electrons. The van der Waals surface area contributed by atoms with Crippen LogP contribution in [0.1, 0.15) is 24.2 Å². The molecule has 4 rings (SSSR count). The number of carbonyl (C=O) groups is 2. The second kappa shape index (κ2) is 6.70. The summed E-state index contributed by atoms with van der Waals surface area (Å²) in [7, 11) is -3.40. The second-order valence-corrected chi connectivity index (χ2v) is 8.79. The van der Waals surface area contributed by atoms with Crippen LogP contribution in [0, 0.1) is 0 Å². The molecular formula is C20H18N2O6S. The van der Waals surface area contributed by atoms with Gasteiger partial charge in [0.2, 0.25) is 5.78 Å². The largest absolute Gasteiger partial charge is 0.485 e. The average molecular weight is 414 g/mol. The Kier molecular flexibility index (Phi) is 4.42. The topological polar surface area (TPSA) is 104 Å². The van der Waals surface area contributed by atoms with E-state index < -0.39 is 21.6 Å². The quantitative estimate of drug-likeness (QED) is 0.482. The lowest BCUT2D eigenvalue weighted by atomic mass is 10.00. The molecule has 0 spiro atoms. The molecule has 2 heterocycles. The monoisotopic (exact) mass is 414 g/mol. The number of rotatable bonds is 3. The summed E-state index contributed by atoms with van der Waals surface area (Å²) in [6.45, 7) is 3.68. The summed E-state index contributed by atoms with van der Waals surface area (Å²) in [5.41, 5.74) is 1.96.